The van der Waals surface area contributed by atoms with E-state index < -0.39 is 0 Å². The summed E-state index contributed by atoms with van der Waals surface area (Å²) < 4.78 is 0. The zero-order chi connectivity index (χ0) is 12.4. The Hall–Kier alpha value is -2.22. The SMILES string of the molecule is CCc1cnnc(-c2ccc3ccccc3c2)c1. The number of hydrogen-bond acceptors (Lipinski definition) is 2. The molecule has 88 valence electrons. The molecule has 0 aliphatic rings. The van der Waals surface area contributed by atoms with Gasteiger partial charge in [-0.05, 0) is 34.9 Å². The van der Waals surface area contributed by atoms with E-state index in [0.29, 0.717) is 0 Å². The summed E-state index contributed by atoms with van der Waals surface area (Å²) in [6.45, 7) is 2.13. The summed E-state index contributed by atoms with van der Waals surface area (Å²) in [5.74, 6) is 0. The molecule has 0 bridgehead atoms. The summed E-state index contributed by atoms with van der Waals surface area (Å²) in [6.07, 6.45) is 2.81. The van der Waals surface area contributed by atoms with Gasteiger partial charge in [0, 0.05) is 5.56 Å². The Labute approximate surface area is 106 Å². The molecule has 0 aliphatic heterocycles. The Morgan fingerprint density at radius 2 is 1.78 bits per heavy atom. The van der Waals surface area contributed by atoms with Gasteiger partial charge in [-0.15, -0.1) is 0 Å². The minimum atomic E-state index is 0.945. The van der Waals surface area contributed by atoms with Gasteiger partial charge in [-0.25, -0.2) is 0 Å². The zero-order valence-corrected chi connectivity index (χ0v) is 10.3. The molecule has 0 N–H and O–H groups in total. The standard InChI is InChI=1S/C16H14N2/c1-2-12-9-16(18-17-11-12)15-8-7-13-5-3-4-6-14(13)10-15/h3-11H,2H2,1H3. The van der Waals surface area contributed by atoms with E-state index in [4.69, 9.17) is 0 Å². The first-order chi connectivity index (χ1) is 8.86. The second-order valence-corrected chi connectivity index (χ2v) is 4.36. The van der Waals surface area contributed by atoms with Gasteiger partial charge < -0.3 is 0 Å². The highest BCUT2D eigenvalue weighted by Crippen LogP contribution is 2.23. The zero-order valence-electron chi connectivity index (χ0n) is 10.3. The summed E-state index contributed by atoms with van der Waals surface area (Å²) in [7, 11) is 0. The molecule has 2 aromatic carbocycles. The molecule has 0 radical (unpaired) electrons. The van der Waals surface area contributed by atoms with Gasteiger partial charge in [0.2, 0.25) is 0 Å². The van der Waals surface area contributed by atoms with Crippen molar-refractivity contribution in [3.63, 3.8) is 0 Å². The fourth-order valence-corrected chi connectivity index (χ4v) is 2.09. The van der Waals surface area contributed by atoms with Crippen LogP contribution in [0.5, 0.6) is 0 Å². The normalized spacial score (nSPS) is 10.7. The molecular weight excluding hydrogens is 220 g/mol. The van der Waals surface area contributed by atoms with E-state index in [2.05, 4.69) is 65.7 Å². The predicted octanol–water partition coefficient (Wildman–Crippen LogP) is 3.86. The molecule has 0 aliphatic carbocycles. The second kappa shape index (κ2) is 4.57. The molecule has 0 fully saturated rings. The Kier molecular flexibility index (Phi) is 2.77. The fourth-order valence-electron chi connectivity index (χ4n) is 2.09. The third kappa shape index (κ3) is 1.97. The van der Waals surface area contributed by atoms with Gasteiger partial charge in [0.05, 0.1) is 11.9 Å². The largest absolute Gasteiger partial charge is 0.158 e. The molecule has 0 unspecified atom stereocenters. The molecule has 0 spiro atoms. The van der Waals surface area contributed by atoms with Gasteiger partial charge in [-0.1, -0.05) is 43.3 Å². The molecule has 0 amide bonds. The van der Waals surface area contributed by atoms with Crippen molar-refractivity contribution in [3.8, 4) is 11.3 Å². The summed E-state index contributed by atoms with van der Waals surface area (Å²) >= 11 is 0. The molecular formula is C16H14N2. The minimum absolute atomic E-state index is 0.945. The fraction of sp³-hybridized carbons (Fsp3) is 0.125. The highest BCUT2D eigenvalue weighted by Gasteiger charge is 2.02. The van der Waals surface area contributed by atoms with Crippen molar-refractivity contribution in [1.82, 2.24) is 10.2 Å². The molecule has 1 heterocycles. The van der Waals surface area contributed by atoms with Gasteiger partial charge in [-0.2, -0.15) is 10.2 Å². The van der Waals surface area contributed by atoms with Crippen LogP contribution in [0.4, 0.5) is 0 Å². The van der Waals surface area contributed by atoms with Crippen LogP contribution in [0, 0.1) is 0 Å². The first kappa shape index (κ1) is 10.9. The Morgan fingerprint density at radius 3 is 2.61 bits per heavy atom. The van der Waals surface area contributed by atoms with Gasteiger partial charge >= 0.3 is 0 Å². The lowest BCUT2D eigenvalue weighted by Crippen LogP contribution is -1.90. The van der Waals surface area contributed by atoms with Crippen molar-refractivity contribution in [3.05, 3.63) is 60.3 Å². The van der Waals surface area contributed by atoms with Gasteiger partial charge in [0.15, 0.2) is 0 Å². The van der Waals surface area contributed by atoms with Gasteiger partial charge in [-0.3, -0.25) is 0 Å². The van der Waals surface area contributed by atoms with E-state index in [1.54, 1.807) is 0 Å². The maximum absolute atomic E-state index is 4.21. The Bertz CT molecular complexity index is 689. The summed E-state index contributed by atoms with van der Waals surface area (Å²) in [6, 6.07) is 16.9. The minimum Gasteiger partial charge on any atom is -0.158 e. The van der Waals surface area contributed by atoms with Crippen LogP contribution in [0.2, 0.25) is 0 Å². The Morgan fingerprint density at radius 1 is 0.944 bits per heavy atom. The van der Waals surface area contributed by atoms with Crippen molar-refractivity contribution in [2.45, 2.75) is 13.3 Å². The van der Waals surface area contributed by atoms with Crippen LogP contribution in [-0.4, -0.2) is 10.2 Å². The van der Waals surface area contributed by atoms with E-state index in [0.717, 1.165) is 17.7 Å². The van der Waals surface area contributed by atoms with Crippen molar-refractivity contribution in [1.29, 1.82) is 0 Å². The number of hydrogen-bond donors (Lipinski definition) is 0. The number of aromatic nitrogens is 2. The first-order valence-corrected chi connectivity index (χ1v) is 6.17. The highest BCUT2D eigenvalue weighted by atomic mass is 15.1. The molecule has 0 atom stereocenters. The van der Waals surface area contributed by atoms with Crippen LogP contribution >= 0.6 is 0 Å². The van der Waals surface area contributed by atoms with Crippen molar-refractivity contribution in [2.24, 2.45) is 0 Å². The monoisotopic (exact) mass is 234 g/mol. The number of fused-ring (bicyclic) bond motifs is 1. The van der Waals surface area contributed by atoms with Crippen LogP contribution in [0.1, 0.15) is 12.5 Å². The summed E-state index contributed by atoms with van der Waals surface area (Å²) in [5.41, 5.74) is 3.28. The number of rotatable bonds is 2. The van der Waals surface area contributed by atoms with E-state index in [-0.39, 0.29) is 0 Å². The molecule has 1 aromatic heterocycles. The second-order valence-electron chi connectivity index (χ2n) is 4.36. The molecule has 3 rings (SSSR count). The maximum Gasteiger partial charge on any atom is 0.0932 e. The maximum atomic E-state index is 4.21. The van der Waals surface area contributed by atoms with Crippen LogP contribution in [0.25, 0.3) is 22.0 Å². The first-order valence-electron chi connectivity index (χ1n) is 6.17. The van der Waals surface area contributed by atoms with Crippen molar-refractivity contribution < 1.29 is 0 Å². The topological polar surface area (TPSA) is 25.8 Å². The van der Waals surface area contributed by atoms with Crippen LogP contribution in [-0.2, 0) is 6.42 Å². The van der Waals surface area contributed by atoms with Crippen molar-refractivity contribution in [2.75, 3.05) is 0 Å². The summed E-state index contributed by atoms with van der Waals surface area (Å²) in [5, 5.41) is 10.8. The molecule has 18 heavy (non-hydrogen) atoms. The third-order valence-corrected chi connectivity index (χ3v) is 3.16. The highest BCUT2D eigenvalue weighted by molar-refractivity contribution is 5.86. The van der Waals surface area contributed by atoms with Crippen LogP contribution in [0.15, 0.2) is 54.7 Å². The quantitative estimate of drug-likeness (QED) is 0.673. The predicted molar refractivity (Wildman–Crippen MR) is 74.4 cm³/mol. The molecule has 0 saturated heterocycles. The molecule has 0 saturated carbocycles. The average Bonchev–Trinajstić information content (AvgIpc) is 2.47. The number of aryl methyl sites for hydroxylation is 1. The number of benzene rings is 2. The number of nitrogens with zero attached hydrogens (tertiary/aromatic N) is 2. The van der Waals surface area contributed by atoms with E-state index in [1.807, 2.05) is 6.20 Å². The van der Waals surface area contributed by atoms with E-state index in [9.17, 15) is 0 Å². The lowest BCUT2D eigenvalue weighted by molar-refractivity contribution is 0.989. The smallest absolute Gasteiger partial charge is 0.0932 e. The molecule has 2 heteroatoms. The molecule has 3 aromatic rings. The van der Waals surface area contributed by atoms with E-state index >= 15 is 0 Å². The lowest BCUT2D eigenvalue weighted by Gasteiger charge is -2.04. The Balaban J connectivity index is 2.13. The van der Waals surface area contributed by atoms with Crippen LogP contribution in [0.3, 0.4) is 0 Å². The molecule has 2 nitrogen and oxygen atoms in total. The summed E-state index contributed by atoms with van der Waals surface area (Å²) in [4.78, 5) is 0. The average molecular weight is 234 g/mol. The van der Waals surface area contributed by atoms with Crippen LogP contribution < -0.4 is 0 Å². The lowest BCUT2D eigenvalue weighted by atomic mass is 10.0. The van der Waals surface area contributed by atoms with E-state index in [1.165, 1.54) is 16.3 Å². The van der Waals surface area contributed by atoms with Gasteiger partial charge in [0.25, 0.3) is 0 Å². The third-order valence-electron chi connectivity index (χ3n) is 3.16. The van der Waals surface area contributed by atoms with Gasteiger partial charge in [0.1, 0.15) is 0 Å². The van der Waals surface area contributed by atoms with Crippen molar-refractivity contribution >= 4 is 10.8 Å².